The highest BCUT2D eigenvalue weighted by atomic mass is 19.1. The second kappa shape index (κ2) is 8.43. The molecular formula is C22H16F2N2O3. The summed E-state index contributed by atoms with van der Waals surface area (Å²) in [7, 11) is 0. The van der Waals surface area contributed by atoms with E-state index in [1.165, 1.54) is 24.3 Å². The van der Waals surface area contributed by atoms with E-state index in [9.17, 15) is 23.2 Å². The number of hydrogen-bond acceptors (Lipinski definition) is 3. The number of halogens is 2. The van der Waals surface area contributed by atoms with Crippen LogP contribution in [0.4, 0.5) is 19.3 Å². The lowest BCUT2D eigenvalue weighted by atomic mass is 10.0. The molecule has 29 heavy (non-hydrogen) atoms. The highest BCUT2D eigenvalue weighted by Gasteiger charge is 2.19. The second-order valence-electron chi connectivity index (χ2n) is 6.28. The lowest BCUT2D eigenvalue weighted by Gasteiger charge is -2.09. The van der Waals surface area contributed by atoms with Gasteiger partial charge in [0.05, 0.1) is 0 Å². The number of carbonyl (C=O) groups excluding carboxylic acids is 3. The molecule has 0 heterocycles. The molecule has 0 bridgehead atoms. The number of aryl methyl sites for hydroxylation is 1. The molecule has 7 heteroatoms. The zero-order valence-electron chi connectivity index (χ0n) is 15.3. The molecule has 0 aliphatic rings. The molecule has 0 radical (unpaired) electrons. The van der Waals surface area contributed by atoms with Crippen molar-refractivity contribution in [3.8, 4) is 0 Å². The summed E-state index contributed by atoms with van der Waals surface area (Å²) in [6.45, 7) is 1.92. The molecule has 0 fully saturated rings. The maximum Gasteiger partial charge on any atom is 0.326 e. The molecular weight excluding hydrogens is 378 g/mol. The third-order valence-electron chi connectivity index (χ3n) is 4.14. The quantitative estimate of drug-likeness (QED) is 0.642. The Morgan fingerprint density at radius 2 is 1.28 bits per heavy atom. The predicted molar refractivity (Wildman–Crippen MR) is 104 cm³/mol. The van der Waals surface area contributed by atoms with Crippen LogP contribution >= 0.6 is 0 Å². The summed E-state index contributed by atoms with van der Waals surface area (Å²) in [5, 5.41) is 4.23. The van der Waals surface area contributed by atoms with E-state index in [0.717, 1.165) is 23.8 Å². The number of urea groups is 1. The summed E-state index contributed by atoms with van der Waals surface area (Å²) in [6, 6.07) is 15.1. The van der Waals surface area contributed by atoms with Crippen molar-refractivity contribution in [2.75, 3.05) is 5.32 Å². The van der Waals surface area contributed by atoms with Crippen LogP contribution in [-0.2, 0) is 0 Å². The fraction of sp³-hybridized carbons (Fsp3) is 0.0455. The number of nitrogens with one attached hydrogen (secondary N) is 2. The van der Waals surface area contributed by atoms with E-state index < -0.39 is 29.1 Å². The highest BCUT2D eigenvalue weighted by Crippen LogP contribution is 2.15. The smallest absolute Gasteiger partial charge is 0.308 e. The van der Waals surface area contributed by atoms with E-state index >= 15 is 0 Å². The molecule has 0 saturated carbocycles. The first-order valence-electron chi connectivity index (χ1n) is 8.63. The largest absolute Gasteiger partial charge is 0.326 e. The number of amides is 3. The fourth-order valence-corrected chi connectivity index (χ4v) is 2.62. The van der Waals surface area contributed by atoms with Crippen LogP contribution in [0.15, 0.2) is 66.7 Å². The summed E-state index contributed by atoms with van der Waals surface area (Å²) in [6.07, 6.45) is 0. The Kier molecular flexibility index (Phi) is 5.78. The van der Waals surface area contributed by atoms with E-state index in [0.29, 0.717) is 16.8 Å². The van der Waals surface area contributed by atoms with Crippen molar-refractivity contribution >= 4 is 23.4 Å². The van der Waals surface area contributed by atoms with Gasteiger partial charge >= 0.3 is 6.03 Å². The molecule has 3 aromatic rings. The van der Waals surface area contributed by atoms with Crippen LogP contribution in [0.3, 0.4) is 0 Å². The van der Waals surface area contributed by atoms with Gasteiger partial charge in [-0.1, -0.05) is 35.9 Å². The summed E-state index contributed by atoms with van der Waals surface area (Å²) >= 11 is 0. The number of carbonyl (C=O) groups is 3. The van der Waals surface area contributed by atoms with Gasteiger partial charge in [0.2, 0.25) is 0 Å². The van der Waals surface area contributed by atoms with Gasteiger partial charge in [0, 0.05) is 16.8 Å². The predicted octanol–water partition coefficient (Wildman–Crippen LogP) is 4.47. The normalized spacial score (nSPS) is 10.3. The van der Waals surface area contributed by atoms with Gasteiger partial charge in [-0.05, 0) is 43.3 Å². The van der Waals surface area contributed by atoms with Crippen LogP contribution in [0, 0.1) is 18.6 Å². The van der Waals surface area contributed by atoms with E-state index in [2.05, 4.69) is 5.32 Å². The van der Waals surface area contributed by atoms with Crippen LogP contribution in [0.5, 0.6) is 0 Å². The summed E-state index contributed by atoms with van der Waals surface area (Å²) in [4.78, 5) is 36.3. The first-order valence-corrected chi connectivity index (χ1v) is 8.63. The molecule has 0 spiro atoms. The molecule has 0 aliphatic carbocycles. The van der Waals surface area contributed by atoms with E-state index in [-0.39, 0.29) is 5.78 Å². The molecule has 146 valence electrons. The topological polar surface area (TPSA) is 75.3 Å². The molecule has 5 nitrogen and oxygen atoms in total. The summed E-state index contributed by atoms with van der Waals surface area (Å²) < 4.78 is 27.2. The number of imide groups is 1. The Morgan fingerprint density at radius 1 is 0.759 bits per heavy atom. The lowest BCUT2D eigenvalue weighted by molar-refractivity contribution is 0.0958. The van der Waals surface area contributed by atoms with Crippen molar-refractivity contribution in [2.24, 2.45) is 0 Å². The summed E-state index contributed by atoms with van der Waals surface area (Å²) in [5.74, 6) is -3.53. The third kappa shape index (κ3) is 4.70. The lowest BCUT2D eigenvalue weighted by Crippen LogP contribution is -2.35. The Hall–Kier alpha value is -3.87. The second-order valence-corrected chi connectivity index (χ2v) is 6.28. The number of benzene rings is 3. The molecule has 0 saturated heterocycles. The number of hydrogen-bond donors (Lipinski definition) is 2. The van der Waals surface area contributed by atoms with Gasteiger partial charge in [-0.15, -0.1) is 0 Å². The average molecular weight is 394 g/mol. The van der Waals surface area contributed by atoms with Crippen molar-refractivity contribution in [3.63, 3.8) is 0 Å². The van der Waals surface area contributed by atoms with Crippen molar-refractivity contribution < 1.29 is 23.2 Å². The van der Waals surface area contributed by atoms with Crippen LogP contribution < -0.4 is 10.6 Å². The highest BCUT2D eigenvalue weighted by molar-refractivity contribution is 6.10. The summed E-state index contributed by atoms with van der Waals surface area (Å²) in [5.41, 5.74) is 1.44. The molecule has 3 aromatic carbocycles. The SMILES string of the molecule is Cc1ccc(C(=O)c2ccc(NC(=O)NC(=O)c3c(F)cccc3F)cc2)cc1. The third-order valence-corrected chi connectivity index (χ3v) is 4.14. The van der Waals surface area contributed by atoms with Crippen LogP contribution in [-0.4, -0.2) is 17.7 Å². The minimum absolute atomic E-state index is 0.175. The zero-order valence-corrected chi connectivity index (χ0v) is 15.3. The Balaban J connectivity index is 1.65. The van der Waals surface area contributed by atoms with Crippen LogP contribution in [0.2, 0.25) is 0 Å². The molecule has 3 rings (SSSR count). The molecule has 0 unspecified atom stereocenters. The maximum atomic E-state index is 13.6. The molecule has 2 N–H and O–H groups in total. The fourth-order valence-electron chi connectivity index (χ4n) is 2.62. The van der Waals surface area contributed by atoms with Crippen LogP contribution in [0.25, 0.3) is 0 Å². The first kappa shape index (κ1) is 19.9. The minimum Gasteiger partial charge on any atom is -0.308 e. The van der Waals surface area contributed by atoms with Crippen LogP contribution in [0.1, 0.15) is 31.8 Å². The van der Waals surface area contributed by atoms with E-state index in [1.54, 1.807) is 12.1 Å². The molecule has 3 amide bonds. The molecule has 0 aliphatic heterocycles. The van der Waals surface area contributed by atoms with Gasteiger partial charge in [-0.25, -0.2) is 13.6 Å². The molecule has 0 aromatic heterocycles. The number of anilines is 1. The standard InChI is InChI=1S/C22H16F2N2O3/c1-13-5-7-14(8-6-13)20(27)15-9-11-16(12-10-15)25-22(29)26-21(28)19-17(23)3-2-4-18(19)24/h2-12H,1H3,(H2,25,26,28,29). The monoisotopic (exact) mass is 394 g/mol. The maximum absolute atomic E-state index is 13.6. The number of rotatable bonds is 4. The van der Waals surface area contributed by atoms with E-state index in [4.69, 9.17) is 0 Å². The van der Waals surface area contributed by atoms with Crippen molar-refractivity contribution in [2.45, 2.75) is 6.92 Å². The van der Waals surface area contributed by atoms with E-state index in [1.807, 2.05) is 24.4 Å². The van der Waals surface area contributed by atoms with Gasteiger partial charge in [0.25, 0.3) is 5.91 Å². The Labute approximate surface area is 165 Å². The van der Waals surface area contributed by atoms with Gasteiger partial charge in [-0.2, -0.15) is 0 Å². The molecule has 0 atom stereocenters. The Bertz CT molecular complexity index is 1060. The van der Waals surface area contributed by atoms with Crippen molar-refractivity contribution in [1.29, 1.82) is 0 Å². The number of ketones is 1. The van der Waals surface area contributed by atoms with Gasteiger partial charge < -0.3 is 5.32 Å². The van der Waals surface area contributed by atoms with Crippen molar-refractivity contribution in [1.82, 2.24) is 5.32 Å². The van der Waals surface area contributed by atoms with Crippen molar-refractivity contribution in [3.05, 3.63) is 101 Å². The first-order chi connectivity index (χ1) is 13.8. The Morgan fingerprint density at radius 3 is 1.83 bits per heavy atom. The van der Waals surface area contributed by atoms with Gasteiger partial charge in [-0.3, -0.25) is 14.9 Å². The zero-order chi connectivity index (χ0) is 21.0. The van der Waals surface area contributed by atoms with Gasteiger partial charge in [0.1, 0.15) is 17.2 Å². The van der Waals surface area contributed by atoms with Gasteiger partial charge in [0.15, 0.2) is 5.78 Å². The average Bonchev–Trinajstić information content (AvgIpc) is 2.68. The minimum atomic E-state index is -1.20.